The third-order valence-corrected chi connectivity index (χ3v) is 3.20. The minimum Gasteiger partial charge on any atom is -0.478 e. The molecule has 0 radical (unpaired) electrons. The van der Waals surface area contributed by atoms with Gasteiger partial charge in [0.05, 0.1) is 5.56 Å². The van der Waals surface area contributed by atoms with Crippen molar-refractivity contribution >= 4 is 17.3 Å². The van der Waals surface area contributed by atoms with Gasteiger partial charge in [0, 0.05) is 17.1 Å². The van der Waals surface area contributed by atoms with Gasteiger partial charge in [0.1, 0.15) is 0 Å². The van der Waals surface area contributed by atoms with Crippen molar-refractivity contribution in [3.05, 3.63) is 41.4 Å². The number of hydrogen-bond acceptors (Lipinski definition) is 6. The SMILES string of the molecule is O=C(O)c1ccccc1-c1noc(-c2nccs2)n1. The van der Waals surface area contributed by atoms with Gasteiger partial charge in [-0.2, -0.15) is 4.98 Å². The second-order valence-corrected chi connectivity index (χ2v) is 4.51. The maximum absolute atomic E-state index is 11.1. The maximum Gasteiger partial charge on any atom is 0.336 e. The third-order valence-electron chi connectivity index (χ3n) is 2.44. The number of rotatable bonds is 3. The van der Waals surface area contributed by atoms with E-state index in [9.17, 15) is 4.79 Å². The molecule has 0 aliphatic carbocycles. The predicted octanol–water partition coefficient (Wildman–Crippen LogP) is 2.56. The largest absolute Gasteiger partial charge is 0.478 e. The molecule has 6 nitrogen and oxygen atoms in total. The number of benzene rings is 1. The van der Waals surface area contributed by atoms with E-state index in [4.69, 9.17) is 9.63 Å². The monoisotopic (exact) mass is 273 g/mol. The van der Waals surface area contributed by atoms with Crippen LogP contribution in [0, 0.1) is 0 Å². The highest BCUT2D eigenvalue weighted by Crippen LogP contribution is 2.25. The van der Waals surface area contributed by atoms with Gasteiger partial charge < -0.3 is 9.63 Å². The van der Waals surface area contributed by atoms with Crippen LogP contribution in [0.3, 0.4) is 0 Å². The van der Waals surface area contributed by atoms with Crippen LogP contribution in [0.2, 0.25) is 0 Å². The van der Waals surface area contributed by atoms with Crippen LogP contribution in [0.5, 0.6) is 0 Å². The number of carboxylic acid groups (broad SMARTS) is 1. The summed E-state index contributed by atoms with van der Waals surface area (Å²) in [5.41, 5.74) is 0.551. The standard InChI is InChI=1S/C12H7N3O3S/c16-12(17)8-4-2-1-3-7(8)9-14-10(18-15-9)11-13-5-6-19-11/h1-6H,(H,16,17). The zero-order valence-corrected chi connectivity index (χ0v) is 10.3. The smallest absolute Gasteiger partial charge is 0.336 e. The molecule has 0 spiro atoms. The summed E-state index contributed by atoms with van der Waals surface area (Å²) in [7, 11) is 0. The number of hydrogen-bond donors (Lipinski definition) is 1. The summed E-state index contributed by atoms with van der Waals surface area (Å²) < 4.78 is 5.09. The van der Waals surface area contributed by atoms with E-state index in [0.29, 0.717) is 10.6 Å². The summed E-state index contributed by atoms with van der Waals surface area (Å²) in [5.74, 6) is -0.510. The van der Waals surface area contributed by atoms with E-state index in [2.05, 4.69) is 15.1 Å². The van der Waals surface area contributed by atoms with Crippen molar-refractivity contribution in [2.75, 3.05) is 0 Å². The molecule has 3 aromatic rings. The van der Waals surface area contributed by atoms with Crippen LogP contribution in [-0.4, -0.2) is 26.2 Å². The zero-order valence-electron chi connectivity index (χ0n) is 9.48. The average molecular weight is 273 g/mol. The van der Waals surface area contributed by atoms with Crippen molar-refractivity contribution in [2.24, 2.45) is 0 Å². The number of aromatic nitrogens is 3. The molecule has 0 aliphatic rings. The van der Waals surface area contributed by atoms with Gasteiger partial charge in [0.2, 0.25) is 5.82 Å². The topological polar surface area (TPSA) is 89.1 Å². The molecule has 0 bridgehead atoms. The van der Waals surface area contributed by atoms with E-state index >= 15 is 0 Å². The molecule has 0 amide bonds. The Bertz CT molecular complexity index is 721. The normalized spacial score (nSPS) is 10.5. The molecule has 0 fully saturated rings. The fourth-order valence-electron chi connectivity index (χ4n) is 1.61. The summed E-state index contributed by atoms with van der Waals surface area (Å²) in [6.45, 7) is 0. The maximum atomic E-state index is 11.1. The van der Waals surface area contributed by atoms with Crippen LogP contribution >= 0.6 is 11.3 Å². The number of carboxylic acids is 1. The Morgan fingerprint density at radius 2 is 2.16 bits per heavy atom. The van der Waals surface area contributed by atoms with E-state index in [1.807, 2.05) is 0 Å². The molecule has 7 heteroatoms. The molecule has 19 heavy (non-hydrogen) atoms. The summed E-state index contributed by atoms with van der Waals surface area (Å²) >= 11 is 1.37. The first-order chi connectivity index (χ1) is 9.25. The Morgan fingerprint density at radius 3 is 2.89 bits per heavy atom. The molecule has 0 atom stereocenters. The van der Waals surface area contributed by atoms with E-state index in [1.54, 1.807) is 29.8 Å². The van der Waals surface area contributed by atoms with Gasteiger partial charge in [0.15, 0.2) is 5.01 Å². The molecule has 1 aromatic carbocycles. The van der Waals surface area contributed by atoms with Crippen LogP contribution in [0.15, 0.2) is 40.4 Å². The zero-order chi connectivity index (χ0) is 13.2. The lowest BCUT2D eigenvalue weighted by atomic mass is 10.1. The lowest BCUT2D eigenvalue weighted by Crippen LogP contribution is -1.99. The van der Waals surface area contributed by atoms with Crippen LogP contribution in [-0.2, 0) is 0 Å². The summed E-state index contributed by atoms with van der Waals surface area (Å²) in [5, 5.41) is 15.3. The molecule has 0 saturated carbocycles. The first kappa shape index (κ1) is 11.5. The lowest BCUT2D eigenvalue weighted by Gasteiger charge is -1.99. The quantitative estimate of drug-likeness (QED) is 0.788. The van der Waals surface area contributed by atoms with Crippen LogP contribution in [0.1, 0.15) is 10.4 Å². The Kier molecular flexibility index (Phi) is 2.81. The fraction of sp³-hybridized carbons (Fsp3) is 0. The average Bonchev–Trinajstić information content (AvgIpc) is 3.09. The highest BCUT2D eigenvalue weighted by atomic mass is 32.1. The van der Waals surface area contributed by atoms with Crippen molar-refractivity contribution in [1.82, 2.24) is 15.1 Å². The summed E-state index contributed by atoms with van der Waals surface area (Å²) in [4.78, 5) is 19.4. The first-order valence-electron chi connectivity index (χ1n) is 5.32. The molecule has 0 unspecified atom stereocenters. The van der Waals surface area contributed by atoms with E-state index in [1.165, 1.54) is 17.4 Å². The first-order valence-corrected chi connectivity index (χ1v) is 6.20. The number of nitrogens with zero attached hydrogens (tertiary/aromatic N) is 3. The van der Waals surface area contributed by atoms with E-state index in [0.717, 1.165) is 0 Å². The Hall–Kier alpha value is -2.54. The predicted molar refractivity (Wildman–Crippen MR) is 67.8 cm³/mol. The number of aromatic carboxylic acids is 1. The molecule has 2 heterocycles. The summed E-state index contributed by atoms with van der Waals surface area (Å²) in [6.07, 6.45) is 1.63. The minimum absolute atomic E-state index is 0.133. The highest BCUT2D eigenvalue weighted by molar-refractivity contribution is 7.12. The Morgan fingerprint density at radius 1 is 1.32 bits per heavy atom. The fourth-order valence-corrected chi connectivity index (χ4v) is 2.17. The van der Waals surface area contributed by atoms with Gasteiger partial charge in [0.25, 0.3) is 5.89 Å². The number of thiazole rings is 1. The van der Waals surface area contributed by atoms with Crippen molar-refractivity contribution in [3.63, 3.8) is 0 Å². The third kappa shape index (κ3) is 2.11. The van der Waals surface area contributed by atoms with Gasteiger partial charge in [-0.15, -0.1) is 11.3 Å². The summed E-state index contributed by atoms with van der Waals surface area (Å²) in [6, 6.07) is 6.51. The van der Waals surface area contributed by atoms with E-state index in [-0.39, 0.29) is 17.3 Å². The van der Waals surface area contributed by atoms with Crippen molar-refractivity contribution in [1.29, 1.82) is 0 Å². The second-order valence-electron chi connectivity index (χ2n) is 3.61. The number of carbonyl (C=O) groups is 1. The van der Waals surface area contributed by atoms with Crippen LogP contribution < -0.4 is 0 Å². The molecule has 0 saturated heterocycles. The van der Waals surface area contributed by atoms with Crippen molar-refractivity contribution in [2.45, 2.75) is 0 Å². The molecule has 2 aromatic heterocycles. The highest BCUT2D eigenvalue weighted by Gasteiger charge is 2.17. The van der Waals surface area contributed by atoms with Crippen molar-refractivity contribution < 1.29 is 14.4 Å². The second kappa shape index (κ2) is 4.62. The molecule has 3 rings (SSSR count). The van der Waals surface area contributed by atoms with Crippen molar-refractivity contribution in [3.8, 4) is 22.3 Å². The van der Waals surface area contributed by atoms with Crippen LogP contribution in [0.25, 0.3) is 22.3 Å². The molecular weight excluding hydrogens is 266 g/mol. The minimum atomic E-state index is -1.03. The molecular formula is C12H7N3O3S. The van der Waals surface area contributed by atoms with Gasteiger partial charge in [-0.1, -0.05) is 23.4 Å². The van der Waals surface area contributed by atoms with E-state index < -0.39 is 5.97 Å². The van der Waals surface area contributed by atoms with Gasteiger partial charge >= 0.3 is 5.97 Å². The Labute approximate surface area is 111 Å². The molecule has 1 N–H and O–H groups in total. The van der Waals surface area contributed by atoms with Gasteiger partial charge in [-0.25, -0.2) is 9.78 Å². The van der Waals surface area contributed by atoms with Gasteiger partial charge in [-0.3, -0.25) is 0 Å². The Balaban J connectivity index is 2.06. The molecule has 0 aliphatic heterocycles. The molecule has 94 valence electrons. The lowest BCUT2D eigenvalue weighted by molar-refractivity contribution is 0.0697. The van der Waals surface area contributed by atoms with Gasteiger partial charge in [-0.05, 0) is 6.07 Å². The van der Waals surface area contributed by atoms with Crippen LogP contribution in [0.4, 0.5) is 0 Å².